The van der Waals surface area contributed by atoms with Gasteiger partial charge in [-0.05, 0) is 19.3 Å². The fraction of sp³-hybridized carbons (Fsp3) is 0.818. The fourth-order valence-electron chi connectivity index (χ4n) is 1.07. The number of rotatable bonds is 7. The first kappa shape index (κ1) is 14.0. The second-order valence-electron chi connectivity index (χ2n) is 4.51. The van der Waals surface area contributed by atoms with Crippen LogP contribution in [0.5, 0.6) is 0 Å². The van der Waals surface area contributed by atoms with Gasteiger partial charge in [0.2, 0.25) is 0 Å². The molecule has 0 amide bonds. The number of hydrazine groups is 1. The molecule has 84 valence electrons. The third-order valence-corrected chi connectivity index (χ3v) is 3.35. The monoisotopic (exact) mass is 216 g/mol. The highest BCUT2D eigenvalue weighted by Crippen LogP contribution is 2.24. The Morgan fingerprint density at radius 2 is 2.14 bits per heavy atom. The molecule has 3 N–H and O–H groups in total. The number of allylic oxidation sites excluding steroid dienone is 1. The van der Waals surface area contributed by atoms with Crippen LogP contribution in [-0.2, 0) is 0 Å². The van der Waals surface area contributed by atoms with Crippen molar-refractivity contribution in [1.29, 1.82) is 0 Å². The second-order valence-corrected chi connectivity index (χ2v) is 6.35. The summed E-state index contributed by atoms with van der Waals surface area (Å²) in [5, 5.41) is 0. The molecule has 3 heteroatoms. The Morgan fingerprint density at radius 3 is 2.57 bits per heavy atom. The zero-order valence-electron chi connectivity index (χ0n) is 9.68. The van der Waals surface area contributed by atoms with Crippen LogP contribution in [0.2, 0.25) is 0 Å². The van der Waals surface area contributed by atoms with E-state index in [0.29, 0.717) is 10.8 Å². The van der Waals surface area contributed by atoms with Gasteiger partial charge in [0, 0.05) is 16.5 Å². The SMILES string of the molecule is C=CCCCC(CSC(C)(C)C)NN. The number of hydrogen-bond donors (Lipinski definition) is 2. The van der Waals surface area contributed by atoms with Gasteiger partial charge in [0.05, 0.1) is 0 Å². The van der Waals surface area contributed by atoms with Gasteiger partial charge in [0.25, 0.3) is 0 Å². The smallest absolute Gasteiger partial charge is 0.0301 e. The van der Waals surface area contributed by atoms with E-state index in [4.69, 9.17) is 5.84 Å². The lowest BCUT2D eigenvalue weighted by Gasteiger charge is -2.22. The van der Waals surface area contributed by atoms with Crippen molar-refractivity contribution in [2.24, 2.45) is 5.84 Å². The Kier molecular flexibility index (Phi) is 7.33. The lowest BCUT2D eigenvalue weighted by molar-refractivity contribution is 0.521. The van der Waals surface area contributed by atoms with Crippen LogP contribution in [0, 0.1) is 0 Å². The normalized spacial score (nSPS) is 14.0. The van der Waals surface area contributed by atoms with E-state index in [1.165, 1.54) is 6.42 Å². The van der Waals surface area contributed by atoms with Crippen LogP contribution in [0.1, 0.15) is 40.0 Å². The molecule has 0 aromatic heterocycles. The molecule has 1 atom stereocenters. The Labute approximate surface area is 92.7 Å². The summed E-state index contributed by atoms with van der Waals surface area (Å²) < 4.78 is 0.327. The molecule has 0 saturated carbocycles. The highest BCUT2D eigenvalue weighted by molar-refractivity contribution is 8.00. The molecule has 0 fully saturated rings. The van der Waals surface area contributed by atoms with Gasteiger partial charge < -0.3 is 0 Å². The molecule has 2 nitrogen and oxygen atoms in total. The first-order valence-corrected chi connectivity index (χ1v) is 6.19. The molecule has 0 saturated heterocycles. The standard InChI is InChI=1S/C11H24N2S/c1-5-6-7-8-10(13-12)9-14-11(2,3)4/h5,10,13H,1,6-9,12H2,2-4H3. The van der Waals surface area contributed by atoms with Crippen molar-refractivity contribution in [3.05, 3.63) is 12.7 Å². The molecule has 0 rings (SSSR count). The summed E-state index contributed by atoms with van der Waals surface area (Å²) in [4.78, 5) is 0. The third kappa shape index (κ3) is 8.60. The molecule has 0 aliphatic rings. The maximum atomic E-state index is 5.50. The van der Waals surface area contributed by atoms with E-state index in [9.17, 15) is 0 Å². The van der Waals surface area contributed by atoms with Gasteiger partial charge in [0.1, 0.15) is 0 Å². The number of thioether (sulfide) groups is 1. The molecule has 0 heterocycles. The first-order chi connectivity index (χ1) is 6.49. The maximum Gasteiger partial charge on any atom is 0.0301 e. The Morgan fingerprint density at radius 1 is 1.50 bits per heavy atom. The van der Waals surface area contributed by atoms with Crippen LogP contribution in [-0.4, -0.2) is 16.5 Å². The zero-order chi connectivity index (χ0) is 11.0. The topological polar surface area (TPSA) is 38.0 Å². The van der Waals surface area contributed by atoms with Crippen LogP contribution in [0.3, 0.4) is 0 Å². The average Bonchev–Trinajstić information content (AvgIpc) is 2.09. The molecular formula is C11H24N2S. The van der Waals surface area contributed by atoms with Crippen LogP contribution < -0.4 is 11.3 Å². The summed E-state index contributed by atoms with van der Waals surface area (Å²) >= 11 is 1.96. The van der Waals surface area contributed by atoms with Crippen molar-refractivity contribution in [3.63, 3.8) is 0 Å². The molecule has 0 aliphatic carbocycles. The van der Waals surface area contributed by atoms with Gasteiger partial charge in [-0.1, -0.05) is 26.8 Å². The van der Waals surface area contributed by atoms with Crippen LogP contribution in [0.4, 0.5) is 0 Å². The molecule has 0 aromatic carbocycles. The van der Waals surface area contributed by atoms with Gasteiger partial charge in [0.15, 0.2) is 0 Å². The Hall–Kier alpha value is 0.01000. The van der Waals surface area contributed by atoms with E-state index in [0.717, 1.165) is 18.6 Å². The van der Waals surface area contributed by atoms with Crippen molar-refractivity contribution >= 4 is 11.8 Å². The molecule has 0 bridgehead atoms. The molecule has 0 aliphatic heterocycles. The minimum atomic E-state index is 0.327. The minimum absolute atomic E-state index is 0.327. The Bertz CT molecular complexity index is 152. The maximum absolute atomic E-state index is 5.50. The molecule has 0 aromatic rings. The van der Waals surface area contributed by atoms with E-state index >= 15 is 0 Å². The van der Waals surface area contributed by atoms with Crippen molar-refractivity contribution in [1.82, 2.24) is 5.43 Å². The second kappa shape index (κ2) is 7.32. The summed E-state index contributed by atoms with van der Waals surface area (Å²) in [7, 11) is 0. The lowest BCUT2D eigenvalue weighted by Crippen LogP contribution is -2.37. The summed E-state index contributed by atoms with van der Waals surface area (Å²) in [5.74, 6) is 6.58. The van der Waals surface area contributed by atoms with Gasteiger partial charge in [-0.25, -0.2) is 0 Å². The van der Waals surface area contributed by atoms with Gasteiger partial charge in [-0.15, -0.1) is 6.58 Å². The summed E-state index contributed by atoms with van der Waals surface area (Å²) in [5.41, 5.74) is 2.88. The van der Waals surface area contributed by atoms with Gasteiger partial charge in [-0.3, -0.25) is 11.3 Å². The van der Waals surface area contributed by atoms with Crippen molar-refractivity contribution in [2.45, 2.75) is 50.8 Å². The zero-order valence-corrected chi connectivity index (χ0v) is 10.5. The fourth-order valence-corrected chi connectivity index (χ4v) is 2.04. The van der Waals surface area contributed by atoms with E-state index in [1.807, 2.05) is 17.8 Å². The molecule has 0 spiro atoms. The molecule has 14 heavy (non-hydrogen) atoms. The summed E-state index contributed by atoms with van der Waals surface area (Å²) in [6.45, 7) is 10.4. The van der Waals surface area contributed by atoms with Gasteiger partial charge in [-0.2, -0.15) is 11.8 Å². The van der Waals surface area contributed by atoms with Crippen LogP contribution in [0.25, 0.3) is 0 Å². The van der Waals surface area contributed by atoms with E-state index in [2.05, 4.69) is 32.8 Å². The third-order valence-electron chi connectivity index (χ3n) is 1.91. The predicted molar refractivity (Wildman–Crippen MR) is 67.4 cm³/mol. The lowest BCUT2D eigenvalue weighted by atomic mass is 10.1. The summed E-state index contributed by atoms with van der Waals surface area (Å²) in [6.07, 6.45) is 5.34. The van der Waals surface area contributed by atoms with Crippen LogP contribution in [0.15, 0.2) is 12.7 Å². The first-order valence-electron chi connectivity index (χ1n) is 5.20. The largest absolute Gasteiger partial charge is 0.271 e. The predicted octanol–water partition coefficient (Wildman–Crippen LogP) is 2.71. The Balaban J connectivity index is 3.63. The van der Waals surface area contributed by atoms with Crippen molar-refractivity contribution in [2.75, 3.05) is 5.75 Å². The molecular weight excluding hydrogens is 192 g/mol. The quantitative estimate of drug-likeness (QED) is 0.297. The van der Waals surface area contributed by atoms with Crippen molar-refractivity contribution in [3.8, 4) is 0 Å². The van der Waals surface area contributed by atoms with E-state index in [-0.39, 0.29) is 0 Å². The van der Waals surface area contributed by atoms with Crippen molar-refractivity contribution < 1.29 is 0 Å². The highest BCUT2D eigenvalue weighted by atomic mass is 32.2. The molecule has 0 radical (unpaired) electrons. The number of nitrogens with two attached hydrogens (primary N) is 1. The summed E-state index contributed by atoms with van der Waals surface area (Å²) in [6, 6.07) is 0.430. The van der Waals surface area contributed by atoms with Gasteiger partial charge >= 0.3 is 0 Å². The van der Waals surface area contributed by atoms with Crippen LogP contribution >= 0.6 is 11.8 Å². The van der Waals surface area contributed by atoms with E-state index in [1.54, 1.807) is 0 Å². The minimum Gasteiger partial charge on any atom is -0.271 e. The number of unbranched alkanes of at least 4 members (excludes halogenated alkanes) is 1. The number of nitrogens with one attached hydrogen (secondary N) is 1. The average molecular weight is 216 g/mol. The number of hydrogen-bond acceptors (Lipinski definition) is 3. The molecule has 1 unspecified atom stereocenters. The van der Waals surface area contributed by atoms with E-state index < -0.39 is 0 Å². The highest BCUT2D eigenvalue weighted by Gasteiger charge is 2.14.